The number of carboxylic acids is 1. The summed E-state index contributed by atoms with van der Waals surface area (Å²) in [5.41, 5.74) is 5.37. The van der Waals surface area contributed by atoms with Crippen LogP contribution in [0.4, 0.5) is 0 Å². The lowest BCUT2D eigenvalue weighted by Gasteiger charge is -2.20. The van der Waals surface area contributed by atoms with Gasteiger partial charge in [-0.15, -0.1) is 0 Å². The lowest BCUT2D eigenvalue weighted by Crippen LogP contribution is -2.34. The van der Waals surface area contributed by atoms with Crippen LogP contribution in [0.15, 0.2) is 72.9 Å². The molecule has 0 aromatic heterocycles. The number of nitrogens with two attached hydrogens (primary N) is 1. The zero-order valence-corrected chi connectivity index (χ0v) is 39.4. The monoisotopic (exact) mass is 878 g/mol. The highest BCUT2D eigenvalue weighted by atomic mass is 31.2. The number of rotatable bonds is 45. The fraction of sp³-hybridized carbons (Fsp3) is 0.720. The largest absolute Gasteiger partial charge is 0.480 e. The molecule has 0 aliphatic rings. The van der Waals surface area contributed by atoms with Crippen molar-refractivity contribution in [2.45, 2.75) is 206 Å². The number of ether oxygens (including phenoxy) is 2. The topological polar surface area (TPSA) is 155 Å². The standard InChI is InChI=1S/C50H88NO9P/c1-3-5-7-9-11-13-15-17-19-21-23-24-25-26-28-30-32-34-36-38-40-42-49(52)60-47(45-58-61(55,56)59-46-48(51)50(53)54)44-57-43-41-39-37-35-33-31-29-27-22-20-18-16-14-12-10-8-6-4-2/h5,7,11,13,17-20,23-24,26,28,47-48H,3-4,6,8-10,12,14-16,21-22,25,27,29-46,51H2,1-2H3,(H,53,54)(H,55,56)/b7-5-,13-11-,19-17-,20-18-,24-23-,28-26-. The van der Waals surface area contributed by atoms with Gasteiger partial charge in [-0.05, 0) is 83.5 Å². The molecule has 0 aliphatic carbocycles. The summed E-state index contributed by atoms with van der Waals surface area (Å²) in [5, 5.41) is 8.92. The number of allylic oxidation sites excluding steroid dienone is 12. The number of phosphoric acid groups is 1. The van der Waals surface area contributed by atoms with Gasteiger partial charge in [0, 0.05) is 13.0 Å². The second-order valence-electron chi connectivity index (χ2n) is 15.9. The highest BCUT2D eigenvalue weighted by Gasteiger charge is 2.27. The molecule has 0 aromatic rings. The molecule has 0 radical (unpaired) electrons. The van der Waals surface area contributed by atoms with Gasteiger partial charge in [0.25, 0.3) is 0 Å². The summed E-state index contributed by atoms with van der Waals surface area (Å²) in [6.45, 7) is 3.74. The molecule has 352 valence electrons. The first-order valence-electron chi connectivity index (χ1n) is 24.0. The van der Waals surface area contributed by atoms with Crippen LogP contribution in [0.3, 0.4) is 0 Å². The lowest BCUT2D eigenvalue weighted by molar-refractivity contribution is -0.154. The predicted molar refractivity (Wildman–Crippen MR) is 254 cm³/mol. The van der Waals surface area contributed by atoms with Crippen molar-refractivity contribution in [1.29, 1.82) is 0 Å². The molecule has 4 N–H and O–H groups in total. The fourth-order valence-corrected chi connectivity index (χ4v) is 7.05. The van der Waals surface area contributed by atoms with Gasteiger partial charge in [0.1, 0.15) is 12.1 Å². The summed E-state index contributed by atoms with van der Waals surface area (Å²) in [6, 6.07) is -1.48. The van der Waals surface area contributed by atoms with E-state index in [1.54, 1.807) is 0 Å². The minimum absolute atomic E-state index is 0.00356. The van der Waals surface area contributed by atoms with E-state index in [1.807, 2.05) is 0 Å². The van der Waals surface area contributed by atoms with Crippen LogP contribution >= 0.6 is 7.82 Å². The van der Waals surface area contributed by atoms with E-state index >= 15 is 0 Å². The predicted octanol–water partition coefficient (Wildman–Crippen LogP) is 13.8. The van der Waals surface area contributed by atoms with Crippen molar-refractivity contribution in [1.82, 2.24) is 0 Å². The summed E-state index contributed by atoms with van der Waals surface area (Å²) in [5.74, 6) is -1.80. The Morgan fingerprint density at radius 3 is 1.44 bits per heavy atom. The molecule has 10 nitrogen and oxygen atoms in total. The van der Waals surface area contributed by atoms with Crippen molar-refractivity contribution in [2.75, 3.05) is 26.4 Å². The van der Waals surface area contributed by atoms with Crippen molar-refractivity contribution in [3.63, 3.8) is 0 Å². The van der Waals surface area contributed by atoms with Gasteiger partial charge in [-0.1, -0.05) is 177 Å². The van der Waals surface area contributed by atoms with E-state index in [0.29, 0.717) is 13.0 Å². The van der Waals surface area contributed by atoms with Crippen LogP contribution in [0.2, 0.25) is 0 Å². The van der Waals surface area contributed by atoms with Gasteiger partial charge in [0.05, 0.1) is 19.8 Å². The molecule has 0 bridgehead atoms. The number of esters is 1. The number of carbonyl (C=O) groups is 2. The number of phosphoric ester groups is 1. The molecule has 0 fully saturated rings. The Hall–Kier alpha value is -2.59. The molecule has 0 heterocycles. The van der Waals surface area contributed by atoms with Crippen LogP contribution in [0, 0.1) is 0 Å². The summed E-state index contributed by atoms with van der Waals surface area (Å²) >= 11 is 0. The Labute approximate surface area is 372 Å². The molecule has 0 spiro atoms. The average molecular weight is 878 g/mol. The normalized spacial score (nSPS) is 14.4. The SMILES string of the molecule is CC/C=C\C/C=C\C/C=C\C/C=C\C/C=C\CCCCCCCC(=O)OC(COCCCCCCCCCC/C=C\CCCCCCCC)COP(=O)(O)OCC(N)C(=O)O. The summed E-state index contributed by atoms with van der Waals surface area (Å²) < 4.78 is 33.4. The third-order valence-corrected chi connectivity index (χ3v) is 10.9. The van der Waals surface area contributed by atoms with Gasteiger partial charge in [-0.3, -0.25) is 18.6 Å². The average Bonchev–Trinajstić information content (AvgIpc) is 3.24. The van der Waals surface area contributed by atoms with Crippen LogP contribution in [0.5, 0.6) is 0 Å². The smallest absolute Gasteiger partial charge is 0.472 e. The number of carboxylic acid groups (broad SMARTS) is 1. The maximum atomic E-state index is 12.7. The first-order chi connectivity index (χ1) is 29.7. The third-order valence-electron chi connectivity index (χ3n) is 9.97. The van der Waals surface area contributed by atoms with Gasteiger partial charge < -0.3 is 25.2 Å². The number of hydrogen-bond donors (Lipinski definition) is 3. The van der Waals surface area contributed by atoms with Crippen LogP contribution in [0.25, 0.3) is 0 Å². The van der Waals surface area contributed by atoms with Crippen LogP contribution < -0.4 is 5.73 Å². The van der Waals surface area contributed by atoms with Crippen molar-refractivity contribution in [3.05, 3.63) is 72.9 Å². The third kappa shape index (κ3) is 45.3. The molecule has 0 aromatic carbocycles. The van der Waals surface area contributed by atoms with Crippen molar-refractivity contribution < 1.29 is 42.7 Å². The van der Waals surface area contributed by atoms with Crippen molar-refractivity contribution >= 4 is 19.8 Å². The van der Waals surface area contributed by atoms with Crippen LogP contribution in [-0.2, 0) is 32.7 Å². The first kappa shape index (κ1) is 58.4. The lowest BCUT2D eigenvalue weighted by atomic mass is 10.1. The molecule has 0 aliphatic heterocycles. The minimum Gasteiger partial charge on any atom is -0.480 e. The molecule has 0 saturated heterocycles. The maximum Gasteiger partial charge on any atom is 0.472 e. The molecule has 0 saturated carbocycles. The summed E-state index contributed by atoms with van der Waals surface area (Å²) in [6.07, 6.45) is 56.6. The zero-order valence-electron chi connectivity index (χ0n) is 38.5. The zero-order chi connectivity index (χ0) is 44.8. The van der Waals surface area contributed by atoms with Crippen molar-refractivity contribution in [2.24, 2.45) is 5.73 Å². The Morgan fingerprint density at radius 2 is 0.951 bits per heavy atom. The van der Waals surface area contributed by atoms with Crippen molar-refractivity contribution in [3.8, 4) is 0 Å². The number of hydrogen-bond acceptors (Lipinski definition) is 8. The number of aliphatic carboxylic acids is 1. The molecule has 3 unspecified atom stereocenters. The van der Waals surface area contributed by atoms with E-state index in [-0.39, 0.29) is 13.0 Å². The van der Waals surface area contributed by atoms with Gasteiger partial charge in [-0.25, -0.2) is 4.57 Å². The minimum atomic E-state index is -4.63. The molecule has 61 heavy (non-hydrogen) atoms. The van der Waals surface area contributed by atoms with E-state index < -0.39 is 45.1 Å². The Kier molecular flexibility index (Phi) is 43.5. The van der Waals surface area contributed by atoms with E-state index in [1.165, 1.54) is 83.5 Å². The van der Waals surface area contributed by atoms with Gasteiger partial charge >= 0.3 is 19.8 Å². The first-order valence-corrected chi connectivity index (χ1v) is 25.5. The molecular formula is C50H88NO9P. The van der Waals surface area contributed by atoms with Crippen LogP contribution in [-0.4, -0.2) is 60.5 Å². The molecule has 11 heteroatoms. The molecule has 3 atom stereocenters. The molecular weight excluding hydrogens is 790 g/mol. The second-order valence-corrected chi connectivity index (χ2v) is 17.3. The highest BCUT2D eigenvalue weighted by molar-refractivity contribution is 7.47. The van der Waals surface area contributed by atoms with Gasteiger partial charge in [0.2, 0.25) is 0 Å². The van der Waals surface area contributed by atoms with Gasteiger partial charge in [-0.2, -0.15) is 0 Å². The highest BCUT2D eigenvalue weighted by Crippen LogP contribution is 2.43. The van der Waals surface area contributed by atoms with Gasteiger partial charge in [0.15, 0.2) is 0 Å². The number of unbranched alkanes of at least 4 members (excludes halogenated alkanes) is 19. The molecule has 0 amide bonds. The fourth-order valence-electron chi connectivity index (χ4n) is 6.27. The summed E-state index contributed by atoms with van der Waals surface area (Å²) in [4.78, 5) is 33.6. The van der Waals surface area contributed by atoms with E-state index in [0.717, 1.165) is 83.5 Å². The van der Waals surface area contributed by atoms with E-state index in [9.17, 15) is 19.0 Å². The maximum absolute atomic E-state index is 12.7. The van der Waals surface area contributed by atoms with Crippen LogP contribution in [0.1, 0.15) is 194 Å². The Bertz CT molecular complexity index is 1250. The summed E-state index contributed by atoms with van der Waals surface area (Å²) in [7, 11) is -4.63. The quantitative estimate of drug-likeness (QED) is 0.0233. The Balaban J connectivity index is 4.25. The van der Waals surface area contributed by atoms with E-state index in [2.05, 4.69) is 86.8 Å². The number of carbonyl (C=O) groups excluding carboxylic acids is 1. The molecule has 0 rings (SSSR count). The Morgan fingerprint density at radius 1 is 0.541 bits per heavy atom. The second kappa shape index (κ2) is 45.4. The van der Waals surface area contributed by atoms with E-state index in [4.69, 9.17) is 29.4 Å².